The second kappa shape index (κ2) is 6.22. The first kappa shape index (κ1) is 14.8. The molecule has 0 saturated heterocycles. The quantitative estimate of drug-likeness (QED) is 0.616. The molecule has 1 fully saturated rings. The normalized spacial score (nSPS) is 18.6. The fraction of sp³-hybridized carbons (Fsp3) is 0.533. The molecule has 5 heteroatoms. The molecule has 1 saturated carbocycles. The third-order valence-electron chi connectivity index (χ3n) is 3.67. The molecule has 1 unspecified atom stereocenters. The van der Waals surface area contributed by atoms with Crippen LogP contribution in [0.5, 0.6) is 0 Å². The van der Waals surface area contributed by atoms with E-state index in [4.69, 9.17) is 10.5 Å². The minimum atomic E-state index is -0.206. The molecule has 0 spiro atoms. The molecule has 4 nitrogen and oxygen atoms in total. The molecule has 1 aromatic rings. The van der Waals surface area contributed by atoms with E-state index in [0.717, 1.165) is 18.4 Å². The molecule has 0 bridgehead atoms. The van der Waals surface area contributed by atoms with E-state index in [0.29, 0.717) is 19.1 Å². The summed E-state index contributed by atoms with van der Waals surface area (Å²) < 4.78 is 18.0. The minimum Gasteiger partial charge on any atom is -0.383 e. The van der Waals surface area contributed by atoms with Crippen LogP contribution < -0.4 is 11.1 Å². The lowest BCUT2D eigenvalue weighted by atomic mass is 9.96. The zero-order valence-electron chi connectivity index (χ0n) is 12.0. The Hall–Kier alpha value is -1.62. The Morgan fingerprint density at radius 1 is 1.45 bits per heavy atom. The topological polar surface area (TPSA) is 59.6 Å². The van der Waals surface area contributed by atoms with Crippen LogP contribution >= 0.6 is 0 Å². The average Bonchev–Trinajstić information content (AvgIpc) is 3.18. The number of ether oxygens (including phenoxy) is 1. The number of hydrogen-bond donors (Lipinski definition) is 2. The second-order valence-electron chi connectivity index (χ2n) is 5.49. The summed E-state index contributed by atoms with van der Waals surface area (Å²) in [6, 6.07) is 6.82. The third-order valence-corrected chi connectivity index (χ3v) is 3.67. The smallest absolute Gasteiger partial charge is 0.188 e. The van der Waals surface area contributed by atoms with Crippen molar-refractivity contribution in [2.24, 2.45) is 10.7 Å². The van der Waals surface area contributed by atoms with E-state index < -0.39 is 0 Å². The molecule has 110 valence electrons. The first-order valence-electron chi connectivity index (χ1n) is 6.87. The average molecular weight is 279 g/mol. The van der Waals surface area contributed by atoms with Crippen molar-refractivity contribution >= 4 is 5.96 Å². The van der Waals surface area contributed by atoms with Gasteiger partial charge in [0, 0.05) is 18.6 Å². The monoisotopic (exact) mass is 279 g/mol. The van der Waals surface area contributed by atoms with Gasteiger partial charge in [-0.2, -0.15) is 0 Å². The van der Waals surface area contributed by atoms with Gasteiger partial charge < -0.3 is 15.8 Å². The lowest BCUT2D eigenvalue weighted by molar-refractivity contribution is 0.179. The summed E-state index contributed by atoms with van der Waals surface area (Å²) in [5, 5.41) is 3.08. The number of nitrogens with one attached hydrogen (secondary N) is 1. The molecular weight excluding hydrogens is 257 g/mol. The molecule has 1 aromatic carbocycles. The van der Waals surface area contributed by atoms with Crippen molar-refractivity contribution in [3.05, 3.63) is 35.6 Å². The summed E-state index contributed by atoms with van der Waals surface area (Å²) in [4.78, 5) is 4.41. The lowest BCUT2D eigenvalue weighted by Crippen LogP contribution is -2.41. The summed E-state index contributed by atoms with van der Waals surface area (Å²) in [5.41, 5.74) is 7.05. The number of nitrogens with two attached hydrogens (primary N) is 1. The first-order chi connectivity index (χ1) is 9.55. The van der Waals surface area contributed by atoms with Crippen LogP contribution in [0.25, 0.3) is 0 Å². The van der Waals surface area contributed by atoms with Gasteiger partial charge in [-0.05, 0) is 37.5 Å². The molecule has 3 N–H and O–H groups in total. The van der Waals surface area contributed by atoms with Crippen molar-refractivity contribution in [1.82, 2.24) is 5.32 Å². The number of halogens is 1. The van der Waals surface area contributed by atoms with E-state index in [2.05, 4.69) is 10.3 Å². The molecular formula is C15H22FN3O. The number of aliphatic imine (C=N–C) groups is 1. The number of hydrogen-bond acceptors (Lipinski definition) is 2. The summed E-state index contributed by atoms with van der Waals surface area (Å²) in [7, 11) is 1.65. The summed E-state index contributed by atoms with van der Waals surface area (Å²) in [6.07, 6.45) is 2.14. The SMILES string of the molecule is COCC(C)NC(N)=NCC1(c2ccc(F)cc2)CC1. The Kier molecular flexibility index (Phi) is 4.60. The number of nitrogens with zero attached hydrogens (tertiary/aromatic N) is 1. The van der Waals surface area contributed by atoms with E-state index in [-0.39, 0.29) is 17.3 Å². The molecule has 1 aliphatic rings. The maximum atomic E-state index is 13.0. The zero-order chi connectivity index (χ0) is 14.6. The van der Waals surface area contributed by atoms with Crippen molar-refractivity contribution in [3.63, 3.8) is 0 Å². The van der Waals surface area contributed by atoms with Crippen LogP contribution in [-0.2, 0) is 10.2 Å². The molecule has 0 amide bonds. The number of benzene rings is 1. The third kappa shape index (κ3) is 3.70. The van der Waals surface area contributed by atoms with Gasteiger partial charge in [0.15, 0.2) is 5.96 Å². The fourth-order valence-electron chi connectivity index (χ4n) is 2.32. The zero-order valence-corrected chi connectivity index (χ0v) is 12.0. The van der Waals surface area contributed by atoms with E-state index in [1.54, 1.807) is 7.11 Å². The largest absolute Gasteiger partial charge is 0.383 e. The van der Waals surface area contributed by atoms with Crippen molar-refractivity contribution < 1.29 is 9.13 Å². The Labute approximate surface area is 119 Å². The van der Waals surface area contributed by atoms with Crippen LogP contribution in [0, 0.1) is 5.82 Å². The van der Waals surface area contributed by atoms with Crippen LogP contribution in [0.4, 0.5) is 4.39 Å². The van der Waals surface area contributed by atoms with Gasteiger partial charge >= 0.3 is 0 Å². The fourth-order valence-corrected chi connectivity index (χ4v) is 2.32. The van der Waals surface area contributed by atoms with Crippen molar-refractivity contribution in [3.8, 4) is 0 Å². The molecule has 1 aliphatic carbocycles. The van der Waals surface area contributed by atoms with Crippen LogP contribution in [0.15, 0.2) is 29.3 Å². The van der Waals surface area contributed by atoms with Crippen molar-refractivity contribution in [2.75, 3.05) is 20.3 Å². The van der Waals surface area contributed by atoms with Gasteiger partial charge in [0.1, 0.15) is 5.82 Å². The highest BCUT2D eigenvalue weighted by Gasteiger charge is 2.44. The van der Waals surface area contributed by atoms with Crippen LogP contribution in [0.3, 0.4) is 0 Å². The molecule has 1 atom stereocenters. The Balaban J connectivity index is 1.94. The molecule has 0 aliphatic heterocycles. The summed E-state index contributed by atoms with van der Waals surface area (Å²) in [6.45, 7) is 3.20. The standard InChI is InChI=1S/C15H22FN3O/c1-11(9-20-2)19-14(17)18-10-15(7-8-15)12-3-5-13(16)6-4-12/h3-6,11H,7-10H2,1-2H3,(H3,17,18,19). The van der Waals surface area contributed by atoms with Crippen LogP contribution in [0.2, 0.25) is 0 Å². The highest BCUT2D eigenvalue weighted by molar-refractivity contribution is 5.78. The Morgan fingerprint density at radius 2 is 2.10 bits per heavy atom. The molecule has 20 heavy (non-hydrogen) atoms. The van der Waals surface area contributed by atoms with E-state index in [9.17, 15) is 4.39 Å². The van der Waals surface area contributed by atoms with Crippen LogP contribution in [-0.4, -0.2) is 32.3 Å². The van der Waals surface area contributed by atoms with Gasteiger partial charge in [-0.25, -0.2) is 4.39 Å². The maximum Gasteiger partial charge on any atom is 0.188 e. The number of guanidine groups is 1. The molecule has 2 rings (SSSR count). The minimum absolute atomic E-state index is 0.0461. The van der Waals surface area contributed by atoms with Gasteiger partial charge in [0.05, 0.1) is 13.2 Å². The molecule has 0 aromatic heterocycles. The highest BCUT2D eigenvalue weighted by Crippen LogP contribution is 2.48. The van der Waals surface area contributed by atoms with Gasteiger partial charge in [0.25, 0.3) is 0 Å². The Morgan fingerprint density at radius 3 is 2.65 bits per heavy atom. The predicted octanol–water partition coefficient (Wildman–Crippen LogP) is 1.80. The summed E-state index contributed by atoms with van der Waals surface area (Å²) in [5.74, 6) is 0.227. The highest BCUT2D eigenvalue weighted by atomic mass is 19.1. The molecule has 0 heterocycles. The van der Waals surface area contributed by atoms with Crippen molar-refractivity contribution in [1.29, 1.82) is 0 Å². The van der Waals surface area contributed by atoms with E-state index in [1.807, 2.05) is 19.1 Å². The van der Waals surface area contributed by atoms with E-state index in [1.165, 1.54) is 12.1 Å². The maximum absolute atomic E-state index is 13.0. The first-order valence-corrected chi connectivity index (χ1v) is 6.87. The van der Waals surface area contributed by atoms with Crippen molar-refractivity contribution in [2.45, 2.75) is 31.2 Å². The predicted molar refractivity (Wildman–Crippen MR) is 78.3 cm³/mol. The second-order valence-corrected chi connectivity index (χ2v) is 5.49. The van der Waals surface area contributed by atoms with Gasteiger partial charge in [-0.3, -0.25) is 4.99 Å². The Bertz CT molecular complexity index is 469. The van der Waals surface area contributed by atoms with E-state index >= 15 is 0 Å². The summed E-state index contributed by atoms with van der Waals surface area (Å²) >= 11 is 0. The van der Waals surface area contributed by atoms with Gasteiger partial charge in [-0.15, -0.1) is 0 Å². The van der Waals surface area contributed by atoms with Crippen LogP contribution in [0.1, 0.15) is 25.3 Å². The number of methoxy groups -OCH3 is 1. The van der Waals surface area contributed by atoms with Gasteiger partial charge in [0.2, 0.25) is 0 Å². The molecule has 0 radical (unpaired) electrons. The number of rotatable bonds is 6. The lowest BCUT2D eigenvalue weighted by Gasteiger charge is -2.16. The van der Waals surface area contributed by atoms with Gasteiger partial charge in [-0.1, -0.05) is 12.1 Å².